The van der Waals surface area contributed by atoms with Gasteiger partial charge in [-0.05, 0) is 6.92 Å². The highest BCUT2D eigenvalue weighted by molar-refractivity contribution is 7.11. The van der Waals surface area contributed by atoms with Gasteiger partial charge < -0.3 is 9.47 Å². The molecular formula is C11H14N2O2S2. The minimum atomic E-state index is -0.377. The van der Waals surface area contributed by atoms with Crippen LogP contribution < -0.4 is 0 Å². The van der Waals surface area contributed by atoms with E-state index in [2.05, 4.69) is 15.3 Å². The molecule has 0 saturated heterocycles. The van der Waals surface area contributed by atoms with Crippen LogP contribution in [0.2, 0.25) is 0 Å². The van der Waals surface area contributed by atoms with Crippen LogP contribution in [0, 0.1) is 6.92 Å². The number of thiazole rings is 2. The normalized spacial score (nSPS) is 11.3. The van der Waals surface area contributed by atoms with E-state index < -0.39 is 0 Å². The van der Waals surface area contributed by atoms with Crippen LogP contribution in [-0.4, -0.2) is 24.2 Å². The van der Waals surface area contributed by atoms with Crippen molar-refractivity contribution in [3.05, 3.63) is 32.2 Å². The third-order valence-corrected chi connectivity index (χ3v) is 4.04. The predicted octanol–water partition coefficient (Wildman–Crippen LogP) is 2.79. The standard InChI is InChI=1S/C11H14N2O2S2/c1-7-5-16-9(12-7)4-10-13-8(6-17-10)11(14-2)15-3/h5-6,11H,4H2,1-3H3. The molecule has 0 aromatic carbocycles. The maximum Gasteiger partial charge on any atom is 0.201 e. The summed E-state index contributed by atoms with van der Waals surface area (Å²) >= 11 is 3.27. The van der Waals surface area contributed by atoms with E-state index in [1.165, 1.54) is 0 Å². The number of hydrogen-bond donors (Lipinski definition) is 0. The van der Waals surface area contributed by atoms with Gasteiger partial charge in [0.25, 0.3) is 0 Å². The number of rotatable bonds is 5. The van der Waals surface area contributed by atoms with Crippen LogP contribution in [0.4, 0.5) is 0 Å². The van der Waals surface area contributed by atoms with Gasteiger partial charge in [0.2, 0.25) is 6.29 Å². The SMILES string of the molecule is COC(OC)c1csc(Cc2nc(C)cs2)n1. The fourth-order valence-corrected chi connectivity index (χ4v) is 3.13. The summed E-state index contributed by atoms with van der Waals surface area (Å²) in [6, 6.07) is 0. The van der Waals surface area contributed by atoms with Crippen molar-refractivity contribution in [2.75, 3.05) is 14.2 Å². The van der Waals surface area contributed by atoms with Gasteiger partial charge in [-0.1, -0.05) is 0 Å². The Morgan fingerprint density at radius 1 is 1.12 bits per heavy atom. The van der Waals surface area contributed by atoms with E-state index >= 15 is 0 Å². The Bertz CT molecular complexity index is 477. The van der Waals surface area contributed by atoms with Gasteiger partial charge in [-0.3, -0.25) is 0 Å². The van der Waals surface area contributed by atoms with Crippen LogP contribution in [0.15, 0.2) is 10.8 Å². The van der Waals surface area contributed by atoms with Crippen LogP contribution >= 0.6 is 22.7 Å². The topological polar surface area (TPSA) is 44.2 Å². The Morgan fingerprint density at radius 3 is 2.35 bits per heavy atom. The Morgan fingerprint density at radius 2 is 1.76 bits per heavy atom. The Balaban J connectivity index is 2.08. The molecule has 0 aliphatic heterocycles. The molecule has 0 unspecified atom stereocenters. The lowest BCUT2D eigenvalue weighted by Crippen LogP contribution is -2.04. The van der Waals surface area contributed by atoms with E-state index in [4.69, 9.17) is 9.47 Å². The minimum Gasteiger partial charge on any atom is -0.350 e. The number of hydrogen-bond acceptors (Lipinski definition) is 6. The van der Waals surface area contributed by atoms with E-state index in [0.717, 1.165) is 27.8 Å². The molecule has 0 fully saturated rings. The second-order valence-corrected chi connectivity index (χ2v) is 5.41. The summed E-state index contributed by atoms with van der Waals surface area (Å²) < 4.78 is 10.3. The molecule has 2 aromatic rings. The first-order chi connectivity index (χ1) is 8.22. The first kappa shape index (κ1) is 12.6. The molecule has 92 valence electrons. The highest BCUT2D eigenvalue weighted by Gasteiger charge is 2.14. The number of methoxy groups -OCH3 is 2. The molecule has 0 atom stereocenters. The van der Waals surface area contributed by atoms with Gasteiger partial charge in [0, 0.05) is 30.7 Å². The second kappa shape index (κ2) is 5.68. The molecule has 0 N–H and O–H groups in total. The summed E-state index contributed by atoms with van der Waals surface area (Å²) in [6.07, 6.45) is 0.404. The molecule has 2 aromatic heterocycles. The molecule has 0 aliphatic rings. The van der Waals surface area contributed by atoms with Gasteiger partial charge in [0.15, 0.2) is 0 Å². The van der Waals surface area contributed by atoms with Crippen molar-refractivity contribution in [2.24, 2.45) is 0 Å². The molecular weight excluding hydrogens is 256 g/mol. The highest BCUT2D eigenvalue weighted by atomic mass is 32.1. The monoisotopic (exact) mass is 270 g/mol. The number of aryl methyl sites for hydroxylation is 1. The predicted molar refractivity (Wildman–Crippen MR) is 68.5 cm³/mol. The third kappa shape index (κ3) is 3.10. The van der Waals surface area contributed by atoms with Crippen molar-refractivity contribution >= 4 is 22.7 Å². The van der Waals surface area contributed by atoms with Gasteiger partial charge in [0.1, 0.15) is 5.69 Å². The summed E-state index contributed by atoms with van der Waals surface area (Å²) in [7, 11) is 3.22. The maximum absolute atomic E-state index is 5.16. The number of ether oxygens (including phenoxy) is 2. The van der Waals surface area contributed by atoms with Crippen LogP contribution in [-0.2, 0) is 15.9 Å². The van der Waals surface area contributed by atoms with Crippen molar-refractivity contribution in [1.82, 2.24) is 9.97 Å². The van der Waals surface area contributed by atoms with Crippen LogP contribution in [0.1, 0.15) is 27.7 Å². The van der Waals surface area contributed by atoms with Gasteiger partial charge in [-0.25, -0.2) is 9.97 Å². The smallest absolute Gasteiger partial charge is 0.201 e. The molecule has 0 bridgehead atoms. The van der Waals surface area contributed by atoms with Gasteiger partial charge >= 0.3 is 0 Å². The largest absolute Gasteiger partial charge is 0.350 e. The van der Waals surface area contributed by atoms with Crippen molar-refractivity contribution < 1.29 is 9.47 Å². The average molecular weight is 270 g/mol. The Hall–Kier alpha value is -0.820. The zero-order valence-corrected chi connectivity index (χ0v) is 11.6. The fourth-order valence-electron chi connectivity index (χ4n) is 1.47. The molecule has 6 heteroatoms. The van der Waals surface area contributed by atoms with E-state index in [1.54, 1.807) is 36.9 Å². The zero-order valence-electron chi connectivity index (χ0n) is 9.97. The molecule has 2 rings (SSSR count). The zero-order chi connectivity index (χ0) is 12.3. The lowest BCUT2D eigenvalue weighted by atomic mass is 10.4. The van der Waals surface area contributed by atoms with Gasteiger partial charge in [0.05, 0.1) is 16.4 Å². The fraction of sp³-hybridized carbons (Fsp3) is 0.455. The molecule has 0 spiro atoms. The summed E-state index contributed by atoms with van der Waals surface area (Å²) in [4.78, 5) is 8.92. The summed E-state index contributed by atoms with van der Waals surface area (Å²) in [5.41, 5.74) is 1.89. The molecule has 17 heavy (non-hydrogen) atoms. The van der Waals surface area contributed by atoms with E-state index in [-0.39, 0.29) is 6.29 Å². The summed E-state index contributed by atoms with van der Waals surface area (Å²) in [5.74, 6) is 0. The van der Waals surface area contributed by atoms with Crippen molar-refractivity contribution in [1.29, 1.82) is 0 Å². The maximum atomic E-state index is 5.16. The van der Waals surface area contributed by atoms with Gasteiger partial charge in [-0.2, -0.15) is 0 Å². The molecule has 0 radical (unpaired) electrons. The molecule has 0 amide bonds. The summed E-state index contributed by atoms with van der Waals surface area (Å²) in [5, 5.41) is 6.15. The minimum absolute atomic E-state index is 0.377. The Kier molecular flexibility index (Phi) is 4.22. The van der Waals surface area contributed by atoms with Crippen molar-refractivity contribution in [3.63, 3.8) is 0 Å². The van der Waals surface area contributed by atoms with Crippen LogP contribution in [0.3, 0.4) is 0 Å². The third-order valence-electron chi connectivity index (χ3n) is 2.21. The summed E-state index contributed by atoms with van der Waals surface area (Å²) in [6.45, 7) is 2.00. The Labute approximate surface area is 108 Å². The number of aromatic nitrogens is 2. The van der Waals surface area contributed by atoms with E-state index in [9.17, 15) is 0 Å². The number of nitrogens with zero attached hydrogens (tertiary/aromatic N) is 2. The van der Waals surface area contributed by atoms with E-state index in [1.807, 2.05) is 12.3 Å². The molecule has 4 nitrogen and oxygen atoms in total. The van der Waals surface area contributed by atoms with Crippen LogP contribution in [0.5, 0.6) is 0 Å². The lowest BCUT2D eigenvalue weighted by Gasteiger charge is -2.09. The average Bonchev–Trinajstić information content (AvgIpc) is 2.91. The lowest BCUT2D eigenvalue weighted by molar-refractivity contribution is -0.108. The second-order valence-electron chi connectivity index (χ2n) is 3.53. The van der Waals surface area contributed by atoms with Crippen molar-refractivity contribution in [3.8, 4) is 0 Å². The molecule has 0 saturated carbocycles. The molecule has 2 heterocycles. The highest BCUT2D eigenvalue weighted by Crippen LogP contribution is 2.22. The first-order valence-electron chi connectivity index (χ1n) is 5.14. The molecule has 0 aliphatic carbocycles. The van der Waals surface area contributed by atoms with Crippen LogP contribution in [0.25, 0.3) is 0 Å². The van der Waals surface area contributed by atoms with E-state index in [0.29, 0.717) is 0 Å². The first-order valence-corrected chi connectivity index (χ1v) is 6.89. The quantitative estimate of drug-likeness (QED) is 0.784. The van der Waals surface area contributed by atoms with Gasteiger partial charge in [-0.15, -0.1) is 22.7 Å². The van der Waals surface area contributed by atoms with Crippen molar-refractivity contribution in [2.45, 2.75) is 19.6 Å².